The van der Waals surface area contributed by atoms with Crippen molar-refractivity contribution in [2.45, 2.75) is 96.4 Å². The number of hydrogen-bond acceptors (Lipinski definition) is 8. The maximum absolute atomic E-state index is 13.8. The molecular formula is C41H53N9O3. The van der Waals surface area contributed by atoms with Crippen molar-refractivity contribution in [1.29, 1.82) is 0 Å². The van der Waals surface area contributed by atoms with E-state index < -0.39 is 0 Å². The van der Waals surface area contributed by atoms with Crippen molar-refractivity contribution in [3.05, 3.63) is 89.7 Å². The van der Waals surface area contributed by atoms with Crippen LogP contribution in [0.15, 0.2) is 72.9 Å². The minimum absolute atomic E-state index is 0.00802. The van der Waals surface area contributed by atoms with Gasteiger partial charge in [-0.2, -0.15) is 5.10 Å². The number of amides is 2. The van der Waals surface area contributed by atoms with Crippen LogP contribution in [0.4, 0.5) is 16.6 Å². The number of pyridine rings is 1. The molecule has 280 valence electrons. The largest absolute Gasteiger partial charge is 0.489 e. The molecule has 2 aliphatic rings. The molecule has 4 atom stereocenters. The van der Waals surface area contributed by atoms with Crippen LogP contribution >= 0.6 is 0 Å². The van der Waals surface area contributed by atoms with Gasteiger partial charge in [0.05, 0.1) is 23.6 Å². The number of carbonyl (C=O) groups excluding carboxylic acids is 1. The summed E-state index contributed by atoms with van der Waals surface area (Å²) in [5, 5.41) is 20.3. The van der Waals surface area contributed by atoms with E-state index in [2.05, 4.69) is 77.4 Å². The van der Waals surface area contributed by atoms with Crippen molar-refractivity contribution >= 4 is 23.4 Å². The number of ether oxygens (including phenoxy) is 2. The van der Waals surface area contributed by atoms with Gasteiger partial charge < -0.3 is 24.6 Å². The highest BCUT2D eigenvalue weighted by molar-refractivity contribution is 5.89. The van der Waals surface area contributed by atoms with E-state index in [-0.39, 0.29) is 29.7 Å². The third kappa shape index (κ3) is 8.12. The average molecular weight is 720 g/mol. The zero-order valence-electron chi connectivity index (χ0n) is 32.0. The highest BCUT2D eigenvalue weighted by atomic mass is 16.5. The minimum Gasteiger partial charge on any atom is -0.489 e. The molecule has 2 N–H and O–H groups in total. The molecule has 1 saturated heterocycles. The van der Waals surface area contributed by atoms with Crippen LogP contribution in [0.5, 0.6) is 11.5 Å². The number of urea groups is 1. The summed E-state index contributed by atoms with van der Waals surface area (Å²) in [6, 6.07) is 21.9. The summed E-state index contributed by atoms with van der Waals surface area (Å²) in [6.45, 7) is 12.4. The molecule has 3 aromatic heterocycles. The topological polar surface area (TPSA) is 114 Å². The molecule has 1 fully saturated rings. The zero-order valence-corrected chi connectivity index (χ0v) is 32.0. The number of nitrogens with one attached hydrogen (secondary N) is 2. The minimum atomic E-state index is -0.296. The first kappa shape index (κ1) is 36.3. The highest BCUT2D eigenvalue weighted by Gasteiger charge is 2.31. The van der Waals surface area contributed by atoms with Crippen molar-refractivity contribution in [3.63, 3.8) is 0 Å². The van der Waals surface area contributed by atoms with E-state index in [0.29, 0.717) is 11.9 Å². The summed E-state index contributed by atoms with van der Waals surface area (Å²) >= 11 is 0. The Balaban J connectivity index is 1.08. The van der Waals surface area contributed by atoms with Gasteiger partial charge in [0.1, 0.15) is 29.5 Å². The van der Waals surface area contributed by atoms with Crippen molar-refractivity contribution in [2.75, 3.05) is 37.4 Å². The predicted octanol–water partition coefficient (Wildman–Crippen LogP) is 7.70. The molecule has 1 unspecified atom stereocenters. The Morgan fingerprint density at radius 2 is 1.77 bits per heavy atom. The van der Waals surface area contributed by atoms with E-state index >= 15 is 0 Å². The fraction of sp³-hybridized carbons (Fsp3) is 0.463. The zero-order chi connectivity index (χ0) is 37.3. The first-order chi connectivity index (χ1) is 25.4. The molecule has 1 aliphatic heterocycles. The van der Waals surface area contributed by atoms with Gasteiger partial charge >= 0.3 is 6.03 Å². The average Bonchev–Trinajstić information content (AvgIpc) is 3.74. The number of hydrogen-bond donors (Lipinski definition) is 2. The molecule has 12 heteroatoms. The SMILES string of the molecule is CC1CCCCN1c1nnc2ccc(O[C@@H]3CC[C@H](NC(=O)Nc4cc(C(C)(C)C)nn4-c4cccc(O[C@H](C)CN(C)C)c4)c4ccccc43)cn12. The molecular weight excluding hydrogens is 667 g/mol. The molecule has 0 spiro atoms. The second-order valence-electron chi connectivity index (χ2n) is 15.9. The van der Waals surface area contributed by atoms with E-state index in [1.54, 1.807) is 4.68 Å². The van der Waals surface area contributed by atoms with Crippen molar-refractivity contribution in [2.24, 2.45) is 0 Å². The van der Waals surface area contributed by atoms with Crippen LogP contribution in [0, 0.1) is 0 Å². The number of aromatic nitrogens is 5. The smallest absolute Gasteiger partial charge is 0.320 e. The molecule has 53 heavy (non-hydrogen) atoms. The fourth-order valence-electron chi connectivity index (χ4n) is 7.52. The molecule has 1 aliphatic carbocycles. The highest BCUT2D eigenvalue weighted by Crippen LogP contribution is 2.39. The summed E-state index contributed by atoms with van der Waals surface area (Å²) < 4.78 is 16.7. The second kappa shape index (κ2) is 15.1. The van der Waals surface area contributed by atoms with Gasteiger partial charge in [0, 0.05) is 36.7 Å². The predicted molar refractivity (Wildman–Crippen MR) is 208 cm³/mol. The number of rotatable bonds is 10. The number of likely N-dealkylation sites (N-methyl/N-ethyl adjacent to an activating group) is 1. The van der Waals surface area contributed by atoms with Gasteiger partial charge in [-0.1, -0.05) is 51.1 Å². The molecule has 4 heterocycles. The van der Waals surface area contributed by atoms with Gasteiger partial charge in [-0.25, -0.2) is 9.48 Å². The molecule has 12 nitrogen and oxygen atoms in total. The maximum Gasteiger partial charge on any atom is 0.320 e. The third-order valence-corrected chi connectivity index (χ3v) is 10.2. The summed E-state index contributed by atoms with van der Waals surface area (Å²) in [5.41, 5.74) is 4.36. The first-order valence-electron chi connectivity index (χ1n) is 18.9. The van der Waals surface area contributed by atoms with E-state index in [4.69, 9.17) is 14.6 Å². The lowest BCUT2D eigenvalue weighted by atomic mass is 9.85. The second-order valence-corrected chi connectivity index (χ2v) is 15.9. The number of nitrogens with zero attached hydrogens (tertiary/aromatic N) is 7. The van der Waals surface area contributed by atoms with E-state index in [1.807, 2.05) is 79.3 Å². The normalized spacial score (nSPS) is 19.5. The lowest BCUT2D eigenvalue weighted by Gasteiger charge is -2.33. The molecule has 5 aromatic rings. The first-order valence-corrected chi connectivity index (χ1v) is 18.9. The van der Waals surface area contributed by atoms with Gasteiger partial charge in [0.15, 0.2) is 5.65 Å². The summed E-state index contributed by atoms with van der Waals surface area (Å²) in [6.07, 6.45) is 6.86. The molecule has 2 aromatic carbocycles. The Kier molecular flexibility index (Phi) is 10.3. The molecule has 2 amide bonds. The van der Waals surface area contributed by atoms with Gasteiger partial charge in [-0.15, -0.1) is 10.2 Å². The van der Waals surface area contributed by atoms with Crippen LogP contribution < -0.4 is 25.0 Å². The van der Waals surface area contributed by atoms with Crippen LogP contribution in [0.1, 0.15) is 95.7 Å². The summed E-state index contributed by atoms with van der Waals surface area (Å²) in [4.78, 5) is 18.2. The number of anilines is 2. The van der Waals surface area contributed by atoms with Crippen molar-refractivity contribution in [1.82, 2.24) is 34.6 Å². The summed E-state index contributed by atoms with van der Waals surface area (Å²) in [5.74, 6) is 2.95. The quantitative estimate of drug-likeness (QED) is 0.151. The van der Waals surface area contributed by atoms with Gasteiger partial charge in [0.2, 0.25) is 5.95 Å². The Hall–Kier alpha value is -5.10. The molecule has 7 rings (SSSR count). The molecule has 0 saturated carbocycles. The Morgan fingerprint density at radius 1 is 0.962 bits per heavy atom. The van der Waals surface area contributed by atoms with Crippen LogP contribution in [0.2, 0.25) is 0 Å². The van der Waals surface area contributed by atoms with Crippen molar-refractivity contribution in [3.8, 4) is 17.2 Å². The number of fused-ring (bicyclic) bond motifs is 2. The van der Waals surface area contributed by atoms with E-state index in [0.717, 1.165) is 84.4 Å². The maximum atomic E-state index is 13.8. The lowest BCUT2D eigenvalue weighted by molar-refractivity contribution is 0.171. The van der Waals surface area contributed by atoms with Crippen LogP contribution in [0.3, 0.4) is 0 Å². The van der Waals surface area contributed by atoms with Crippen LogP contribution in [-0.2, 0) is 5.41 Å². The van der Waals surface area contributed by atoms with Gasteiger partial charge in [-0.05, 0) is 95.4 Å². The molecule has 0 bridgehead atoms. The summed E-state index contributed by atoms with van der Waals surface area (Å²) in [7, 11) is 4.06. The standard InChI is InChI=1S/C41H53N9O3/c1-27-13-10-11-22-48(27)40-45-44-37-21-18-31(26-49(37)40)53-35-20-19-34(32-16-8-9-17-33(32)35)42-39(51)43-38-24-36(41(3,4)5)46-50(38)29-14-12-15-30(23-29)52-28(2)25-47(6)7/h8-9,12,14-18,21,23-24,26-28,34-35H,10-11,13,19-20,22,25H2,1-7H3,(H2,42,43,51)/t27?,28-,34+,35-/m1/s1. The van der Waals surface area contributed by atoms with E-state index in [9.17, 15) is 4.79 Å². The number of carbonyl (C=O) groups is 1. The van der Waals surface area contributed by atoms with E-state index in [1.165, 1.54) is 6.42 Å². The van der Waals surface area contributed by atoms with Crippen molar-refractivity contribution < 1.29 is 14.3 Å². The number of piperidine rings is 1. The Bertz CT molecular complexity index is 2050. The Morgan fingerprint density at radius 3 is 2.55 bits per heavy atom. The Labute approximate surface area is 312 Å². The van der Waals surface area contributed by atoms with Gasteiger partial charge in [0.25, 0.3) is 0 Å². The lowest BCUT2D eigenvalue weighted by Crippen LogP contribution is -2.38. The van der Waals surface area contributed by atoms with Gasteiger partial charge in [-0.3, -0.25) is 9.72 Å². The third-order valence-electron chi connectivity index (χ3n) is 10.2. The van der Waals surface area contributed by atoms with Crippen LogP contribution in [0.25, 0.3) is 11.3 Å². The van der Waals surface area contributed by atoms with Crippen LogP contribution in [-0.4, -0.2) is 74.6 Å². The fourth-order valence-corrected chi connectivity index (χ4v) is 7.52. The number of benzene rings is 2. The monoisotopic (exact) mass is 719 g/mol. The molecule has 0 radical (unpaired) electrons.